The van der Waals surface area contributed by atoms with Crippen LogP contribution < -0.4 is 5.73 Å². The Bertz CT molecular complexity index is 564. The molecule has 0 aliphatic heterocycles. The molecule has 2 aromatic rings. The molecule has 5 nitrogen and oxygen atoms in total. The Morgan fingerprint density at radius 3 is 2.68 bits per heavy atom. The van der Waals surface area contributed by atoms with Crippen molar-refractivity contribution in [2.24, 2.45) is 11.8 Å². The lowest BCUT2D eigenvalue weighted by atomic mass is 9.98. The number of rotatable bonds is 4. The number of aromatic nitrogens is 4. The molecule has 1 unspecified atom stereocenters. The lowest BCUT2D eigenvalue weighted by Gasteiger charge is -2.15. The van der Waals surface area contributed by atoms with E-state index in [1.165, 1.54) is 0 Å². The molecule has 19 heavy (non-hydrogen) atoms. The third-order valence-electron chi connectivity index (χ3n) is 3.39. The second-order valence-electron chi connectivity index (χ2n) is 5.14. The molecule has 1 heterocycles. The fourth-order valence-corrected chi connectivity index (χ4v) is 1.86. The predicted octanol–water partition coefficient (Wildman–Crippen LogP) is 2.87. The average Bonchev–Trinajstić information content (AvgIpc) is 2.80. The average molecular weight is 280 g/mol. The van der Waals surface area contributed by atoms with Crippen LogP contribution in [0, 0.1) is 11.8 Å². The summed E-state index contributed by atoms with van der Waals surface area (Å²) in [6, 6.07) is 5.44. The van der Waals surface area contributed by atoms with E-state index in [0.29, 0.717) is 22.5 Å². The Hall–Kier alpha value is -1.62. The molecule has 1 aromatic heterocycles. The van der Waals surface area contributed by atoms with E-state index in [1.807, 2.05) is 10.7 Å². The second kappa shape index (κ2) is 5.57. The summed E-state index contributed by atoms with van der Waals surface area (Å²) in [5.41, 5.74) is 7.14. The van der Waals surface area contributed by atoms with Crippen molar-refractivity contribution in [2.45, 2.75) is 27.3 Å². The number of nitrogens with two attached hydrogens (primary N) is 1. The zero-order valence-electron chi connectivity index (χ0n) is 11.3. The largest absolute Gasteiger partial charge is 0.398 e. The lowest BCUT2D eigenvalue weighted by Crippen LogP contribution is -2.15. The fourth-order valence-electron chi connectivity index (χ4n) is 1.68. The van der Waals surface area contributed by atoms with Crippen molar-refractivity contribution >= 4 is 17.3 Å². The highest BCUT2D eigenvalue weighted by Gasteiger charge is 2.14. The van der Waals surface area contributed by atoms with Crippen molar-refractivity contribution in [1.29, 1.82) is 0 Å². The van der Waals surface area contributed by atoms with Crippen LogP contribution in [-0.2, 0) is 6.54 Å². The molecule has 6 heteroatoms. The minimum atomic E-state index is 0.492. The van der Waals surface area contributed by atoms with E-state index in [0.717, 1.165) is 17.9 Å². The monoisotopic (exact) mass is 279 g/mol. The molecule has 0 aliphatic rings. The normalized spacial score (nSPS) is 12.9. The molecule has 102 valence electrons. The molecular weight excluding hydrogens is 262 g/mol. The molecule has 0 fully saturated rings. The van der Waals surface area contributed by atoms with Gasteiger partial charge in [-0.1, -0.05) is 32.4 Å². The van der Waals surface area contributed by atoms with Crippen LogP contribution in [0.1, 0.15) is 20.8 Å². The molecule has 0 radical (unpaired) electrons. The molecule has 2 N–H and O–H groups in total. The number of hydrogen-bond acceptors (Lipinski definition) is 4. The molecule has 0 saturated carbocycles. The van der Waals surface area contributed by atoms with Gasteiger partial charge in [-0.25, -0.2) is 4.68 Å². The number of benzene rings is 1. The maximum Gasteiger partial charge on any atom is 0.182 e. The quantitative estimate of drug-likeness (QED) is 0.874. The van der Waals surface area contributed by atoms with Gasteiger partial charge in [0.1, 0.15) is 0 Å². The highest BCUT2D eigenvalue weighted by atomic mass is 35.5. The standard InChI is InChI=1S/C13H18ClN5/c1-8(2)9(3)7-19-13(16-17-18-19)10-4-5-12(15)11(14)6-10/h4-6,8-9H,7,15H2,1-3H3. The van der Waals surface area contributed by atoms with Crippen LogP contribution >= 0.6 is 11.6 Å². The van der Waals surface area contributed by atoms with Gasteiger partial charge in [0.05, 0.1) is 10.7 Å². The summed E-state index contributed by atoms with van der Waals surface area (Å²) in [7, 11) is 0. The third kappa shape index (κ3) is 3.04. The number of hydrogen-bond donors (Lipinski definition) is 1. The first kappa shape index (κ1) is 13.8. The molecule has 0 bridgehead atoms. The zero-order valence-corrected chi connectivity index (χ0v) is 12.1. The van der Waals surface area contributed by atoms with Gasteiger partial charge in [0.25, 0.3) is 0 Å². The summed E-state index contributed by atoms with van der Waals surface area (Å²) < 4.78 is 1.81. The van der Waals surface area contributed by atoms with Crippen molar-refractivity contribution in [3.63, 3.8) is 0 Å². The molecule has 0 spiro atoms. The Labute approximate surface area is 117 Å². The summed E-state index contributed by atoms with van der Waals surface area (Å²) in [6.07, 6.45) is 0. The van der Waals surface area contributed by atoms with Crippen molar-refractivity contribution in [2.75, 3.05) is 5.73 Å². The van der Waals surface area contributed by atoms with Crippen molar-refractivity contribution in [3.8, 4) is 11.4 Å². The van der Waals surface area contributed by atoms with Crippen LogP contribution in [0.2, 0.25) is 5.02 Å². The molecule has 1 aromatic carbocycles. The van der Waals surface area contributed by atoms with Gasteiger partial charge in [0, 0.05) is 12.1 Å². The Morgan fingerprint density at radius 2 is 2.05 bits per heavy atom. The summed E-state index contributed by atoms with van der Waals surface area (Å²) in [5, 5.41) is 12.4. The van der Waals surface area contributed by atoms with Crippen LogP contribution in [-0.4, -0.2) is 20.2 Å². The summed E-state index contributed by atoms with van der Waals surface area (Å²) in [5.74, 6) is 1.79. The molecule has 0 aliphatic carbocycles. The summed E-state index contributed by atoms with van der Waals surface area (Å²) >= 11 is 6.04. The second-order valence-corrected chi connectivity index (χ2v) is 5.55. The van der Waals surface area contributed by atoms with Crippen molar-refractivity contribution in [1.82, 2.24) is 20.2 Å². The van der Waals surface area contributed by atoms with Crippen molar-refractivity contribution in [3.05, 3.63) is 23.2 Å². The van der Waals surface area contributed by atoms with Crippen molar-refractivity contribution < 1.29 is 0 Å². The van der Waals surface area contributed by atoms with E-state index in [-0.39, 0.29) is 0 Å². The van der Waals surface area contributed by atoms with E-state index in [2.05, 4.69) is 36.3 Å². The first-order valence-electron chi connectivity index (χ1n) is 6.30. The molecule has 1 atom stereocenters. The van der Waals surface area contributed by atoms with Gasteiger partial charge in [0.15, 0.2) is 5.82 Å². The SMILES string of the molecule is CC(C)C(C)Cn1nnnc1-c1ccc(N)c(Cl)c1. The Morgan fingerprint density at radius 1 is 1.32 bits per heavy atom. The topological polar surface area (TPSA) is 69.6 Å². The van der Waals surface area contributed by atoms with Crippen LogP contribution in [0.15, 0.2) is 18.2 Å². The number of anilines is 1. The highest BCUT2D eigenvalue weighted by Crippen LogP contribution is 2.26. The van der Waals surface area contributed by atoms with E-state index in [9.17, 15) is 0 Å². The summed E-state index contributed by atoms with van der Waals surface area (Å²) in [4.78, 5) is 0. The predicted molar refractivity (Wildman–Crippen MR) is 76.7 cm³/mol. The van der Waals surface area contributed by atoms with Crippen LogP contribution in [0.4, 0.5) is 5.69 Å². The van der Waals surface area contributed by atoms with Gasteiger partial charge in [-0.05, 0) is 40.5 Å². The number of halogens is 1. The Balaban J connectivity index is 2.30. The highest BCUT2D eigenvalue weighted by molar-refractivity contribution is 6.33. The zero-order chi connectivity index (χ0) is 14.0. The van der Waals surface area contributed by atoms with Crippen LogP contribution in [0.5, 0.6) is 0 Å². The van der Waals surface area contributed by atoms with Gasteiger partial charge in [-0.3, -0.25) is 0 Å². The van der Waals surface area contributed by atoms with E-state index in [1.54, 1.807) is 12.1 Å². The number of nitrogens with zero attached hydrogens (tertiary/aromatic N) is 4. The molecule has 0 saturated heterocycles. The van der Waals surface area contributed by atoms with E-state index >= 15 is 0 Å². The summed E-state index contributed by atoms with van der Waals surface area (Å²) in [6.45, 7) is 7.34. The molecule has 0 amide bonds. The fraction of sp³-hybridized carbons (Fsp3) is 0.462. The smallest absolute Gasteiger partial charge is 0.182 e. The van der Waals surface area contributed by atoms with Crippen LogP contribution in [0.25, 0.3) is 11.4 Å². The minimum absolute atomic E-state index is 0.492. The molecular formula is C13H18ClN5. The van der Waals surface area contributed by atoms with Gasteiger partial charge < -0.3 is 5.73 Å². The lowest BCUT2D eigenvalue weighted by molar-refractivity contribution is 0.347. The third-order valence-corrected chi connectivity index (χ3v) is 3.72. The van der Waals surface area contributed by atoms with E-state index in [4.69, 9.17) is 17.3 Å². The minimum Gasteiger partial charge on any atom is -0.398 e. The maximum absolute atomic E-state index is 6.04. The molecule has 2 rings (SSSR count). The first-order chi connectivity index (χ1) is 8.99. The van der Waals surface area contributed by atoms with Gasteiger partial charge in [-0.2, -0.15) is 0 Å². The number of tetrazole rings is 1. The van der Waals surface area contributed by atoms with Crippen LogP contribution in [0.3, 0.4) is 0 Å². The van der Waals surface area contributed by atoms with Gasteiger partial charge in [-0.15, -0.1) is 5.10 Å². The number of nitrogen functional groups attached to an aromatic ring is 1. The van der Waals surface area contributed by atoms with Gasteiger partial charge in [0.2, 0.25) is 0 Å². The Kier molecular flexibility index (Phi) is 4.04. The first-order valence-corrected chi connectivity index (χ1v) is 6.68. The maximum atomic E-state index is 6.04. The van der Waals surface area contributed by atoms with E-state index < -0.39 is 0 Å². The van der Waals surface area contributed by atoms with Gasteiger partial charge >= 0.3 is 0 Å².